The minimum atomic E-state index is -0.862. The molecule has 0 unspecified atom stereocenters. The van der Waals surface area contributed by atoms with Crippen LogP contribution in [0.1, 0.15) is 25.7 Å². The van der Waals surface area contributed by atoms with Gasteiger partial charge in [-0.3, -0.25) is 9.36 Å². The summed E-state index contributed by atoms with van der Waals surface area (Å²) in [6.07, 6.45) is 6.92. The molecule has 0 aromatic carbocycles. The smallest absolute Gasteiger partial charge is 0.313 e. The standard InChI is InChI=1S/C11H18N4O2S2/c1-18-11(4-2-3-5-11)7-15-9(12)13-14-10(15)19-6-8(16)17/h2-7H2,1H3,(H2,12,13)(H,16,17). The van der Waals surface area contributed by atoms with E-state index in [9.17, 15) is 4.79 Å². The minimum Gasteiger partial charge on any atom is -0.481 e. The van der Waals surface area contributed by atoms with Crippen molar-refractivity contribution in [2.75, 3.05) is 17.7 Å². The molecule has 1 heterocycles. The van der Waals surface area contributed by atoms with Crippen molar-refractivity contribution in [3.8, 4) is 0 Å². The van der Waals surface area contributed by atoms with Crippen molar-refractivity contribution < 1.29 is 9.90 Å². The van der Waals surface area contributed by atoms with Crippen LogP contribution in [0.15, 0.2) is 5.16 Å². The molecule has 1 aromatic rings. The maximum Gasteiger partial charge on any atom is 0.313 e. The summed E-state index contributed by atoms with van der Waals surface area (Å²) in [4.78, 5) is 10.6. The van der Waals surface area contributed by atoms with Crippen molar-refractivity contribution >= 4 is 35.4 Å². The van der Waals surface area contributed by atoms with E-state index in [1.54, 1.807) is 0 Å². The summed E-state index contributed by atoms with van der Waals surface area (Å²) in [7, 11) is 0. The van der Waals surface area contributed by atoms with Gasteiger partial charge in [-0.25, -0.2) is 0 Å². The summed E-state index contributed by atoms with van der Waals surface area (Å²) in [6, 6.07) is 0. The zero-order valence-electron chi connectivity index (χ0n) is 10.8. The van der Waals surface area contributed by atoms with Crippen LogP contribution in [0.5, 0.6) is 0 Å². The summed E-state index contributed by atoms with van der Waals surface area (Å²) >= 11 is 3.03. The third kappa shape index (κ3) is 3.36. The maximum absolute atomic E-state index is 10.6. The molecular weight excluding hydrogens is 284 g/mol. The van der Waals surface area contributed by atoms with Crippen LogP contribution in [0.25, 0.3) is 0 Å². The molecule has 8 heteroatoms. The van der Waals surface area contributed by atoms with Crippen molar-refractivity contribution in [2.45, 2.75) is 42.1 Å². The first kappa shape index (κ1) is 14.5. The highest BCUT2D eigenvalue weighted by molar-refractivity contribution is 8.00. The van der Waals surface area contributed by atoms with E-state index in [0.717, 1.165) is 19.4 Å². The number of anilines is 1. The van der Waals surface area contributed by atoms with Crippen molar-refractivity contribution in [3.63, 3.8) is 0 Å². The molecule has 0 radical (unpaired) electrons. The Bertz CT molecular complexity index is 458. The van der Waals surface area contributed by atoms with E-state index < -0.39 is 5.97 Å². The Morgan fingerprint density at radius 1 is 1.47 bits per heavy atom. The van der Waals surface area contributed by atoms with Gasteiger partial charge in [0.05, 0.1) is 5.75 Å². The molecule has 3 N–H and O–H groups in total. The van der Waals surface area contributed by atoms with Crippen LogP contribution >= 0.6 is 23.5 Å². The van der Waals surface area contributed by atoms with Gasteiger partial charge in [0.2, 0.25) is 5.95 Å². The molecule has 106 valence electrons. The van der Waals surface area contributed by atoms with Gasteiger partial charge in [-0.05, 0) is 19.1 Å². The second-order valence-electron chi connectivity index (χ2n) is 4.70. The second kappa shape index (κ2) is 6.04. The summed E-state index contributed by atoms with van der Waals surface area (Å²) in [5.41, 5.74) is 5.86. The van der Waals surface area contributed by atoms with Gasteiger partial charge in [-0.15, -0.1) is 10.2 Å². The lowest BCUT2D eigenvalue weighted by molar-refractivity contribution is -0.133. The maximum atomic E-state index is 10.6. The van der Waals surface area contributed by atoms with Gasteiger partial charge in [0.25, 0.3) is 0 Å². The number of nitrogens with two attached hydrogens (primary N) is 1. The fourth-order valence-electron chi connectivity index (χ4n) is 2.42. The Morgan fingerprint density at radius 2 is 2.16 bits per heavy atom. The van der Waals surface area contributed by atoms with Crippen LogP contribution in [0, 0.1) is 0 Å². The molecule has 2 rings (SSSR count). The lowest BCUT2D eigenvalue weighted by atomic mass is 10.1. The molecule has 6 nitrogen and oxygen atoms in total. The Morgan fingerprint density at radius 3 is 2.74 bits per heavy atom. The monoisotopic (exact) mass is 302 g/mol. The molecule has 1 saturated carbocycles. The van der Waals surface area contributed by atoms with E-state index in [1.807, 2.05) is 16.3 Å². The average molecular weight is 302 g/mol. The third-order valence-electron chi connectivity index (χ3n) is 3.46. The van der Waals surface area contributed by atoms with Gasteiger partial charge in [0, 0.05) is 11.3 Å². The van der Waals surface area contributed by atoms with Crippen LogP contribution in [-0.4, -0.2) is 42.6 Å². The third-order valence-corrected chi connectivity index (χ3v) is 5.82. The first-order chi connectivity index (χ1) is 9.06. The largest absolute Gasteiger partial charge is 0.481 e. The fourth-order valence-corrected chi connectivity index (χ4v) is 4.04. The number of aromatic nitrogens is 3. The highest BCUT2D eigenvalue weighted by atomic mass is 32.2. The predicted octanol–water partition coefficient (Wildman–Crippen LogP) is 1.71. The number of rotatable bonds is 6. The first-order valence-electron chi connectivity index (χ1n) is 6.15. The highest BCUT2D eigenvalue weighted by Crippen LogP contribution is 2.42. The molecule has 0 aliphatic heterocycles. The topological polar surface area (TPSA) is 94.0 Å². The summed E-state index contributed by atoms with van der Waals surface area (Å²) in [5, 5.41) is 17.2. The Labute approximate surface area is 120 Å². The molecule has 1 aromatic heterocycles. The summed E-state index contributed by atoms with van der Waals surface area (Å²) in [5.74, 6) is -0.517. The number of carboxylic acid groups (broad SMARTS) is 1. The molecule has 0 spiro atoms. The van der Waals surface area contributed by atoms with E-state index in [1.165, 1.54) is 24.6 Å². The molecule has 0 atom stereocenters. The van der Waals surface area contributed by atoms with E-state index >= 15 is 0 Å². The van der Waals surface area contributed by atoms with Crippen molar-refractivity contribution in [3.05, 3.63) is 0 Å². The molecule has 19 heavy (non-hydrogen) atoms. The van der Waals surface area contributed by atoms with Gasteiger partial charge in [-0.1, -0.05) is 24.6 Å². The van der Waals surface area contributed by atoms with Crippen molar-refractivity contribution in [1.82, 2.24) is 14.8 Å². The SMILES string of the molecule is CSC1(Cn2c(N)nnc2SCC(=O)O)CCCC1. The molecule has 0 saturated heterocycles. The number of nitrogens with zero attached hydrogens (tertiary/aromatic N) is 3. The minimum absolute atomic E-state index is 0.0234. The number of nitrogen functional groups attached to an aromatic ring is 1. The van der Waals surface area contributed by atoms with E-state index in [4.69, 9.17) is 10.8 Å². The number of thioether (sulfide) groups is 2. The first-order valence-corrected chi connectivity index (χ1v) is 8.36. The molecule has 0 amide bonds. The van der Waals surface area contributed by atoms with Gasteiger partial charge in [0.1, 0.15) is 0 Å². The van der Waals surface area contributed by atoms with Crippen LogP contribution in [0.2, 0.25) is 0 Å². The van der Waals surface area contributed by atoms with Crippen LogP contribution < -0.4 is 5.73 Å². The number of carboxylic acids is 1. The number of carbonyl (C=O) groups is 1. The van der Waals surface area contributed by atoms with Gasteiger partial charge in [-0.2, -0.15) is 11.8 Å². The lowest BCUT2D eigenvalue weighted by Crippen LogP contribution is -2.28. The summed E-state index contributed by atoms with van der Waals surface area (Å²) < 4.78 is 2.05. The van der Waals surface area contributed by atoms with Crippen molar-refractivity contribution in [2.24, 2.45) is 0 Å². The molecule has 1 aliphatic rings. The van der Waals surface area contributed by atoms with Crippen molar-refractivity contribution in [1.29, 1.82) is 0 Å². The van der Waals surface area contributed by atoms with Gasteiger partial charge >= 0.3 is 5.97 Å². The normalized spacial score (nSPS) is 17.7. The number of aliphatic carboxylic acids is 1. The Hall–Kier alpha value is -0.890. The van der Waals surface area contributed by atoms with Crippen LogP contribution in [0.4, 0.5) is 5.95 Å². The van der Waals surface area contributed by atoms with Gasteiger partial charge < -0.3 is 10.8 Å². The Kier molecular flexibility index (Phi) is 4.62. The molecule has 1 fully saturated rings. The number of hydrogen-bond acceptors (Lipinski definition) is 6. The fraction of sp³-hybridized carbons (Fsp3) is 0.727. The molecular formula is C11H18N4O2S2. The quantitative estimate of drug-likeness (QED) is 0.772. The lowest BCUT2D eigenvalue weighted by Gasteiger charge is -2.27. The van der Waals surface area contributed by atoms with E-state index in [0.29, 0.717) is 11.1 Å². The average Bonchev–Trinajstić information content (AvgIpc) is 2.97. The molecule has 0 bridgehead atoms. The van der Waals surface area contributed by atoms with E-state index in [2.05, 4.69) is 16.5 Å². The predicted molar refractivity (Wildman–Crippen MR) is 77.5 cm³/mol. The molecule has 1 aliphatic carbocycles. The highest BCUT2D eigenvalue weighted by Gasteiger charge is 2.34. The van der Waals surface area contributed by atoms with Gasteiger partial charge in [0.15, 0.2) is 5.16 Å². The zero-order chi connectivity index (χ0) is 13.9. The van der Waals surface area contributed by atoms with E-state index in [-0.39, 0.29) is 10.5 Å². The zero-order valence-corrected chi connectivity index (χ0v) is 12.5. The summed E-state index contributed by atoms with van der Waals surface area (Å²) in [6.45, 7) is 0.759. The van der Waals surface area contributed by atoms with Crippen LogP contribution in [-0.2, 0) is 11.3 Å². The number of hydrogen-bond donors (Lipinski definition) is 2. The van der Waals surface area contributed by atoms with Crippen LogP contribution in [0.3, 0.4) is 0 Å². The Balaban J connectivity index is 2.14. The second-order valence-corrected chi connectivity index (χ2v) is 6.92.